The number of hydrogen-bond acceptors (Lipinski definition) is 2. The maximum atomic E-state index is 11.1. The molecule has 0 fully saturated rings. The van der Waals surface area contributed by atoms with Crippen molar-refractivity contribution in [3.63, 3.8) is 0 Å². The van der Waals surface area contributed by atoms with Crippen molar-refractivity contribution in [1.29, 1.82) is 0 Å². The second-order valence-corrected chi connectivity index (χ2v) is 3.36. The first-order valence-corrected chi connectivity index (χ1v) is 4.14. The van der Waals surface area contributed by atoms with Crippen molar-refractivity contribution in [2.75, 3.05) is 0 Å². The Balaban J connectivity index is 3.24. The Morgan fingerprint density at radius 1 is 1.64 bits per heavy atom. The fourth-order valence-electron chi connectivity index (χ4n) is 0.799. The lowest BCUT2D eigenvalue weighted by molar-refractivity contribution is 0.571. The van der Waals surface area contributed by atoms with Crippen LogP contribution in [0.3, 0.4) is 0 Å². The molecule has 0 amide bonds. The van der Waals surface area contributed by atoms with Crippen molar-refractivity contribution < 1.29 is 0 Å². The van der Waals surface area contributed by atoms with E-state index in [2.05, 4.69) is 20.9 Å². The predicted octanol–water partition coefficient (Wildman–Crippen LogP) is 1.59. The van der Waals surface area contributed by atoms with Gasteiger partial charge in [0, 0.05) is 12.2 Å². The maximum absolute atomic E-state index is 11.1. The van der Waals surface area contributed by atoms with Crippen molar-refractivity contribution in [3.8, 4) is 0 Å². The van der Waals surface area contributed by atoms with Crippen LogP contribution in [0.15, 0.2) is 21.8 Å². The molecular weight excluding hydrogens is 208 g/mol. The van der Waals surface area contributed by atoms with E-state index in [0.29, 0.717) is 4.60 Å². The van der Waals surface area contributed by atoms with Crippen LogP contribution in [0.4, 0.5) is 0 Å². The summed E-state index contributed by atoms with van der Waals surface area (Å²) >= 11 is 3.19. The standard InChI is InChI=1S/C7H9BrN2O/c1-5(2)10-4-6(8)9-3-7(10)11/h3-5H,1-2H3. The van der Waals surface area contributed by atoms with Crippen molar-refractivity contribution in [2.45, 2.75) is 19.9 Å². The van der Waals surface area contributed by atoms with E-state index >= 15 is 0 Å². The third-order valence-corrected chi connectivity index (χ3v) is 1.76. The maximum Gasteiger partial charge on any atom is 0.269 e. The molecule has 0 saturated heterocycles. The van der Waals surface area contributed by atoms with Crippen molar-refractivity contribution in [3.05, 3.63) is 27.4 Å². The zero-order valence-electron chi connectivity index (χ0n) is 6.41. The van der Waals surface area contributed by atoms with Crippen LogP contribution in [-0.2, 0) is 0 Å². The fourth-order valence-corrected chi connectivity index (χ4v) is 1.12. The summed E-state index contributed by atoms with van der Waals surface area (Å²) in [5, 5.41) is 0. The lowest BCUT2D eigenvalue weighted by atomic mass is 10.4. The predicted molar refractivity (Wildman–Crippen MR) is 46.6 cm³/mol. The molecule has 0 aliphatic heterocycles. The molecule has 0 unspecified atom stereocenters. The minimum Gasteiger partial charge on any atom is -0.309 e. The van der Waals surface area contributed by atoms with E-state index in [-0.39, 0.29) is 11.6 Å². The summed E-state index contributed by atoms with van der Waals surface area (Å²) in [6.45, 7) is 3.90. The highest BCUT2D eigenvalue weighted by atomic mass is 79.9. The van der Waals surface area contributed by atoms with Crippen LogP contribution in [0.25, 0.3) is 0 Å². The fraction of sp³-hybridized carbons (Fsp3) is 0.429. The number of halogens is 1. The minimum absolute atomic E-state index is 0.0665. The highest BCUT2D eigenvalue weighted by molar-refractivity contribution is 9.10. The van der Waals surface area contributed by atoms with Gasteiger partial charge in [-0.05, 0) is 29.8 Å². The second-order valence-electron chi connectivity index (χ2n) is 2.55. The largest absolute Gasteiger partial charge is 0.309 e. The topological polar surface area (TPSA) is 34.9 Å². The van der Waals surface area contributed by atoms with Crippen LogP contribution < -0.4 is 5.56 Å². The molecular formula is C7H9BrN2O. The van der Waals surface area contributed by atoms with Crippen LogP contribution in [-0.4, -0.2) is 9.55 Å². The molecule has 0 aromatic carbocycles. The Morgan fingerprint density at radius 2 is 2.27 bits per heavy atom. The first kappa shape index (κ1) is 8.46. The monoisotopic (exact) mass is 216 g/mol. The van der Waals surface area contributed by atoms with Gasteiger partial charge in [-0.2, -0.15) is 0 Å². The van der Waals surface area contributed by atoms with Gasteiger partial charge in [0.15, 0.2) is 0 Å². The molecule has 11 heavy (non-hydrogen) atoms. The molecule has 0 N–H and O–H groups in total. The zero-order chi connectivity index (χ0) is 8.43. The molecule has 4 heteroatoms. The Morgan fingerprint density at radius 3 is 2.73 bits per heavy atom. The average Bonchev–Trinajstić information content (AvgIpc) is 1.94. The summed E-state index contributed by atoms with van der Waals surface area (Å²) in [4.78, 5) is 14.9. The summed E-state index contributed by atoms with van der Waals surface area (Å²) in [7, 11) is 0. The molecule has 0 radical (unpaired) electrons. The van der Waals surface area contributed by atoms with Crippen LogP contribution in [0.1, 0.15) is 19.9 Å². The van der Waals surface area contributed by atoms with Gasteiger partial charge >= 0.3 is 0 Å². The van der Waals surface area contributed by atoms with Gasteiger partial charge in [0.25, 0.3) is 5.56 Å². The van der Waals surface area contributed by atoms with Crippen LogP contribution in [0, 0.1) is 0 Å². The molecule has 0 aliphatic rings. The van der Waals surface area contributed by atoms with Gasteiger partial charge in [-0.1, -0.05) is 0 Å². The summed E-state index contributed by atoms with van der Waals surface area (Å²) in [6, 6.07) is 0.182. The number of rotatable bonds is 1. The average molecular weight is 217 g/mol. The molecule has 0 atom stereocenters. The van der Waals surface area contributed by atoms with E-state index in [9.17, 15) is 4.79 Å². The van der Waals surface area contributed by atoms with Crippen LogP contribution in [0.5, 0.6) is 0 Å². The quantitative estimate of drug-likeness (QED) is 0.715. The minimum atomic E-state index is -0.0665. The molecule has 0 spiro atoms. The Bertz CT molecular complexity index is 306. The summed E-state index contributed by atoms with van der Waals surface area (Å²) in [6.07, 6.45) is 3.00. The highest BCUT2D eigenvalue weighted by Crippen LogP contribution is 2.05. The van der Waals surface area contributed by atoms with Crippen molar-refractivity contribution in [2.24, 2.45) is 0 Å². The Kier molecular flexibility index (Phi) is 2.44. The first-order chi connectivity index (χ1) is 5.11. The van der Waals surface area contributed by atoms with Gasteiger partial charge < -0.3 is 4.57 Å². The van der Waals surface area contributed by atoms with E-state index in [0.717, 1.165) is 0 Å². The van der Waals surface area contributed by atoms with Crippen molar-refractivity contribution in [1.82, 2.24) is 9.55 Å². The number of aromatic nitrogens is 2. The van der Waals surface area contributed by atoms with Crippen molar-refractivity contribution >= 4 is 15.9 Å². The molecule has 0 saturated carbocycles. The normalized spacial score (nSPS) is 10.5. The molecule has 1 heterocycles. The summed E-state index contributed by atoms with van der Waals surface area (Å²) < 4.78 is 2.31. The highest BCUT2D eigenvalue weighted by Gasteiger charge is 2.00. The second kappa shape index (κ2) is 3.17. The Labute approximate surface area is 73.2 Å². The zero-order valence-corrected chi connectivity index (χ0v) is 8.00. The van der Waals surface area contributed by atoms with E-state index in [4.69, 9.17) is 0 Å². The van der Waals surface area contributed by atoms with Gasteiger partial charge in [-0.15, -0.1) is 0 Å². The van der Waals surface area contributed by atoms with Gasteiger partial charge in [-0.3, -0.25) is 4.79 Å². The van der Waals surface area contributed by atoms with Gasteiger partial charge in [0.05, 0.1) is 6.20 Å². The lowest BCUT2D eigenvalue weighted by Gasteiger charge is -2.07. The third-order valence-electron chi connectivity index (χ3n) is 1.35. The van der Waals surface area contributed by atoms with E-state index in [1.807, 2.05) is 13.8 Å². The first-order valence-electron chi connectivity index (χ1n) is 3.35. The molecule has 1 aromatic rings. The number of nitrogens with zero attached hydrogens (tertiary/aromatic N) is 2. The Hall–Kier alpha value is -0.640. The van der Waals surface area contributed by atoms with Gasteiger partial charge in [0.1, 0.15) is 4.60 Å². The third kappa shape index (κ3) is 1.89. The molecule has 3 nitrogen and oxygen atoms in total. The summed E-state index contributed by atoms with van der Waals surface area (Å²) in [5.74, 6) is 0. The van der Waals surface area contributed by atoms with E-state index < -0.39 is 0 Å². The lowest BCUT2D eigenvalue weighted by Crippen LogP contribution is -2.20. The van der Waals surface area contributed by atoms with E-state index in [1.54, 1.807) is 10.8 Å². The molecule has 60 valence electrons. The molecule has 0 aliphatic carbocycles. The van der Waals surface area contributed by atoms with Crippen LogP contribution >= 0.6 is 15.9 Å². The SMILES string of the molecule is CC(C)n1cc(Br)ncc1=O. The van der Waals surface area contributed by atoms with Gasteiger partial charge in [0.2, 0.25) is 0 Å². The molecule has 1 rings (SSSR count). The van der Waals surface area contributed by atoms with Crippen LogP contribution in [0.2, 0.25) is 0 Å². The smallest absolute Gasteiger partial charge is 0.269 e. The molecule has 0 bridgehead atoms. The van der Waals surface area contributed by atoms with E-state index in [1.165, 1.54) is 6.20 Å². The number of hydrogen-bond donors (Lipinski definition) is 0. The summed E-state index contributed by atoms with van der Waals surface area (Å²) in [5.41, 5.74) is -0.0665. The van der Waals surface area contributed by atoms with Gasteiger partial charge in [-0.25, -0.2) is 4.98 Å². The molecule has 1 aromatic heterocycles.